The number of hydrogen-bond donors (Lipinski definition) is 1. The van der Waals surface area contributed by atoms with Crippen molar-refractivity contribution in [3.63, 3.8) is 0 Å². The average molecular weight is 203 g/mol. The maximum absolute atomic E-state index is 11.6. The van der Waals surface area contributed by atoms with E-state index in [1.54, 1.807) is 0 Å². The summed E-state index contributed by atoms with van der Waals surface area (Å²) in [6.07, 6.45) is 1.57. The smallest absolute Gasteiger partial charge is 0.254 e. The Morgan fingerprint density at radius 3 is 2.67 bits per heavy atom. The zero-order chi connectivity index (χ0) is 10.7. The molecule has 2 N–H and O–H groups in total. The van der Waals surface area contributed by atoms with Crippen LogP contribution in [0.5, 0.6) is 0 Å². The number of amides is 1. The summed E-state index contributed by atoms with van der Waals surface area (Å²) < 4.78 is 5.90. The topological polar surface area (TPSA) is 52.3 Å². The van der Waals surface area contributed by atoms with Crippen molar-refractivity contribution in [2.45, 2.75) is 31.0 Å². The van der Waals surface area contributed by atoms with E-state index in [4.69, 9.17) is 10.5 Å². The highest BCUT2D eigenvalue weighted by molar-refractivity contribution is 5.87. The second-order valence-electron chi connectivity index (χ2n) is 4.57. The van der Waals surface area contributed by atoms with Gasteiger partial charge in [0.2, 0.25) is 0 Å². The number of carbonyl (C=O) groups is 1. The van der Waals surface area contributed by atoms with Gasteiger partial charge in [0.25, 0.3) is 5.91 Å². The molecule has 1 amide bonds. The Morgan fingerprint density at radius 1 is 1.33 bits per heavy atom. The van der Waals surface area contributed by atoms with Crippen LogP contribution in [0.15, 0.2) is 24.3 Å². The first-order valence-corrected chi connectivity index (χ1v) is 5.19. The molecule has 1 saturated heterocycles. The van der Waals surface area contributed by atoms with Crippen molar-refractivity contribution < 1.29 is 9.53 Å². The molecule has 2 bridgehead atoms. The van der Waals surface area contributed by atoms with Gasteiger partial charge >= 0.3 is 0 Å². The Bertz CT molecular complexity index is 457. The van der Waals surface area contributed by atoms with Crippen LogP contribution in [0.25, 0.3) is 0 Å². The van der Waals surface area contributed by atoms with E-state index >= 15 is 0 Å². The first-order valence-electron chi connectivity index (χ1n) is 5.19. The number of fused-ring (bicyclic) bond motifs is 5. The minimum absolute atomic E-state index is 0.314. The van der Waals surface area contributed by atoms with Gasteiger partial charge in [-0.05, 0) is 30.9 Å². The molecule has 0 saturated carbocycles. The number of primary amides is 1. The van der Waals surface area contributed by atoms with Crippen molar-refractivity contribution in [2.75, 3.05) is 0 Å². The Hall–Kier alpha value is -1.35. The molecule has 2 atom stereocenters. The molecular weight excluding hydrogens is 190 g/mol. The molecule has 0 spiro atoms. The van der Waals surface area contributed by atoms with Gasteiger partial charge in [0.15, 0.2) is 5.60 Å². The zero-order valence-electron chi connectivity index (χ0n) is 8.62. The van der Waals surface area contributed by atoms with Gasteiger partial charge in [0.1, 0.15) is 0 Å². The van der Waals surface area contributed by atoms with E-state index in [0.29, 0.717) is 6.42 Å². The maximum Gasteiger partial charge on any atom is 0.254 e. The van der Waals surface area contributed by atoms with E-state index < -0.39 is 5.60 Å². The molecule has 1 fully saturated rings. The number of nitrogens with two attached hydrogens (primary N) is 1. The number of ether oxygens (including phenoxy) is 1. The van der Waals surface area contributed by atoms with Gasteiger partial charge in [-0.25, -0.2) is 0 Å². The number of benzene rings is 1. The van der Waals surface area contributed by atoms with Crippen LogP contribution in [0.1, 0.15) is 30.9 Å². The normalized spacial score (nSPS) is 36.6. The highest BCUT2D eigenvalue weighted by Crippen LogP contribution is 2.57. The van der Waals surface area contributed by atoms with Crippen LogP contribution in [-0.4, -0.2) is 5.91 Å². The summed E-state index contributed by atoms with van der Waals surface area (Å²) in [5.74, 6) is -0.365. The Labute approximate surface area is 88.2 Å². The summed E-state index contributed by atoms with van der Waals surface area (Å²) in [5, 5.41) is 0. The van der Waals surface area contributed by atoms with Crippen LogP contribution >= 0.6 is 0 Å². The van der Waals surface area contributed by atoms with Gasteiger partial charge in [-0.15, -0.1) is 0 Å². The van der Waals surface area contributed by atoms with Crippen LogP contribution in [0.2, 0.25) is 0 Å². The molecule has 1 aromatic carbocycles. The molecule has 2 aliphatic heterocycles. The van der Waals surface area contributed by atoms with Crippen molar-refractivity contribution in [2.24, 2.45) is 5.73 Å². The summed E-state index contributed by atoms with van der Waals surface area (Å²) in [7, 11) is 0. The van der Waals surface area contributed by atoms with Crippen molar-refractivity contribution in [1.29, 1.82) is 0 Å². The third-order valence-corrected chi connectivity index (χ3v) is 3.68. The lowest BCUT2D eigenvalue weighted by Crippen LogP contribution is -2.39. The summed E-state index contributed by atoms with van der Waals surface area (Å²) in [4.78, 5) is 11.6. The van der Waals surface area contributed by atoms with E-state index in [2.05, 4.69) is 0 Å². The predicted octanol–water partition coefficient (Wildman–Crippen LogP) is 1.41. The van der Waals surface area contributed by atoms with Gasteiger partial charge in [0, 0.05) is 0 Å². The Kier molecular flexibility index (Phi) is 1.44. The molecule has 0 aromatic heterocycles. The van der Waals surface area contributed by atoms with Crippen molar-refractivity contribution in [1.82, 2.24) is 0 Å². The maximum atomic E-state index is 11.6. The summed E-state index contributed by atoms with van der Waals surface area (Å²) in [5.41, 5.74) is 6.39. The minimum Gasteiger partial charge on any atom is -0.367 e. The number of hydrogen-bond acceptors (Lipinski definition) is 2. The lowest BCUT2D eigenvalue weighted by Gasteiger charge is -2.22. The first-order chi connectivity index (χ1) is 7.08. The SMILES string of the molecule is C[C@]12CC[C@](C(N)=O)(O1)c1ccccc12. The van der Waals surface area contributed by atoms with Crippen molar-refractivity contribution in [3.8, 4) is 0 Å². The summed E-state index contributed by atoms with van der Waals surface area (Å²) >= 11 is 0. The molecule has 2 heterocycles. The second-order valence-corrected chi connectivity index (χ2v) is 4.57. The molecule has 78 valence electrons. The fourth-order valence-corrected chi connectivity index (χ4v) is 2.88. The lowest BCUT2D eigenvalue weighted by molar-refractivity contribution is -0.147. The highest BCUT2D eigenvalue weighted by Gasteiger charge is 2.60. The van der Waals surface area contributed by atoms with Gasteiger partial charge in [0.05, 0.1) is 5.60 Å². The standard InChI is InChI=1S/C12H13NO2/c1-11-6-7-12(15-11,10(13)14)9-5-3-2-4-8(9)11/h2-5H,6-7H2,1H3,(H2,13,14)/t11-,12+/m1/s1. The molecule has 3 nitrogen and oxygen atoms in total. The zero-order valence-corrected chi connectivity index (χ0v) is 8.62. The second kappa shape index (κ2) is 2.42. The van der Waals surface area contributed by atoms with Crippen LogP contribution in [0, 0.1) is 0 Å². The Balaban J connectivity index is 2.29. The summed E-state index contributed by atoms with van der Waals surface area (Å²) in [6.45, 7) is 2.03. The van der Waals surface area contributed by atoms with Gasteiger partial charge in [-0.3, -0.25) is 4.79 Å². The fourth-order valence-electron chi connectivity index (χ4n) is 2.88. The Morgan fingerprint density at radius 2 is 2.00 bits per heavy atom. The molecule has 15 heavy (non-hydrogen) atoms. The summed E-state index contributed by atoms with van der Waals surface area (Å²) in [6, 6.07) is 7.88. The van der Waals surface area contributed by atoms with E-state index in [1.165, 1.54) is 0 Å². The van der Waals surface area contributed by atoms with Crippen molar-refractivity contribution >= 4 is 5.91 Å². The van der Waals surface area contributed by atoms with Crippen LogP contribution in [0.3, 0.4) is 0 Å². The van der Waals surface area contributed by atoms with Crippen LogP contribution in [-0.2, 0) is 20.7 Å². The fraction of sp³-hybridized carbons (Fsp3) is 0.417. The van der Waals surface area contributed by atoms with Crippen LogP contribution < -0.4 is 5.73 Å². The van der Waals surface area contributed by atoms with Gasteiger partial charge < -0.3 is 10.5 Å². The molecule has 0 unspecified atom stereocenters. The van der Waals surface area contributed by atoms with Crippen molar-refractivity contribution in [3.05, 3.63) is 35.4 Å². The highest BCUT2D eigenvalue weighted by atomic mass is 16.5. The average Bonchev–Trinajstić information content (AvgIpc) is 2.70. The third kappa shape index (κ3) is 0.868. The van der Waals surface area contributed by atoms with E-state index in [0.717, 1.165) is 17.5 Å². The minimum atomic E-state index is -0.856. The first kappa shape index (κ1) is 8.92. The van der Waals surface area contributed by atoms with Gasteiger partial charge in [-0.2, -0.15) is 0 Å². The molecule has 0 radical (unpaired) electrons. The quantitative estimate of drug-likeness (QED) is 0.750. The number of carbonyl (C=O) groups excluding carboxylic acids is 1. The largest absolute Gasteiger partial charge is 0.367 e. The van der Waals surface area contributed by atoms with E-state index in [9.17, 15) is 4.79 Å². The lowest BCUT2D eigenvalue weighted by atomic mass is 9.77. The van der Waals surface area contributed by atoms with Gasteiger partial charge in [-0.1, -0.05) is 24.3 Å². The molecule has 0 aliphatic carbocycles. The van der Waals surface area contributed by atoms with Crippen LogP contribution in [0.4, 0.5) is 0 Å². The number of rotatable bonds is 1. The molecular formula is C12H13NO2. The third-order valence-electron chi connectivity index (χ3n) is 3.68. The molecule has 3 heteroatoms. The molecule has 3 rings (SSSR count). The van der Waals surface area contributed by atoms with E-state index in [-0.39, 0.29) is 11.5 Å². The predicted molar refractivity (Wildman–Crippen MR) is 55.0 cm³/mol. The molecule has 1 aromatic rings. The monoisotopic (exact) mass is 203 g/mol. The molecule has 2 aliphatic rings. The van der Waals surface area contributed by atoms with E-state index in [1.807, 2.05) is 31.2 Å².